The number of amides is 1. The first-order valence-corrected chi connectivity index (χ1v) is 11.2. The highest BCUT2D eigenvalue weighted by molar-refractivity contribution is 5.96. The van der Waals surface area contributed by atoms with E-state index in [0.29, 0.717) is 18.7 Å². The average molecular weight is 429 g/mol. The Morgan fingerprint density at radius 2 is 1.53 bits per heavy atom. The summed E-state index contributed by atoms with van der Waals surface area (Å²) in [6.45, 7) is 0.357. The van der Waals surface area contributed by atoms with E-state index in [1.165, 1.54) is 0 Å². The molecule has 5 heteroatoms. The van der Waals surface area contributed by atoms with Gasteiger partial charge in [-0.05, 0) is 61.4 Å². The van der Waals surface area contributed by atoms with Crippen LogP contribution in [0.25, 0.3) is 0 Å². The molecule has 0 atom stereocenters. The molecule has 1 aliphatic carbocycles. The number of hydrogen-bond donors (Lipinski definition) is 0. The van der Waals surface area contributed by atoms with E-state index in [0.717, 1.165) is 42.8 Å². The number of carbonyl (C=O) groups excluding carboxylic acids is 2. The second-order valence-corrected chi connectivity index (χ2v) is 8.16. The van der Waals surface area contributed by atoms with E-state index in [-0.39, 0.29) is 24.0 Å². The number of nitrogens with zero attached hydrogens (tertiary/aromatic N) is 2. The fourth-order valence-corrected chi connectivity index (χ4v) is 4.11. The van der Waals surface area contributed by atoms with Gasteiger partial charge in [0.1, 0.15) is 17.3 Å². The van der Waals surface area contributed by atoms with Gasteiger partial charge in [0, 0.05) is 30.6 Å². The number of aromatic nitrogens is 1. The first kappa shape index (κ1) is 21.8. The summed E-state index contributed by atoms with van der Waals surface area (Å²) in [4.78, 5) is 31.7. The Morgan fingerprint density at radius 3 is 2.22 bits per heavy atom. The lowest BCUT2D eigenvalue weighted by Crippen LogP contribution is -2.31. The van der Waals surface area contributed by atoms with E-state index in [1.54, 1.807) is 11.1 Å². The Kier molecular flexibility index (Phi) is 7.28. The molecule has 1 amide bonds. The maximum absolute atomic E-state index is 13.2. The van der Waals surface area contributed by atoms with E-state index >= 15 is 0 Å². The van der Waals surface area contributed by atoms with Gasteiger partial charge in [-0.2, -0.15) is 0 Å². The second kappa shape index (κ2) is 10.7. The fourth-order valence-electron chi connectivity index (χ4n) is 4.11. The third-order valence-corrected chi connectivity index (χ3v) is 5.87. The molecule has 1 heterocycles. The summed E-state index contributed by atoms with van der Waals surface area (Å²) in [5, 5.41) is 0. The van der Waals surface area contributed by atoms with Crippen molar-refractivity contribution < 1.29 is 14.3 Å². The van der Waals surface area contributed by atoms with E-state index in [2.05, 4.69) is 4.98 Å². The van der Waals surface area contributed by atoms with Crippen molar-refractivity contribution in [3.8, 4) is 11.5 Å². The lowest BCUT2D eigenvalue weighted by Gasteiger charge is -2.23. The third-order valence-electron chi connectivity index (χ3n) is 5.87. The summed E-state index contributed by atoms with van der Waals surface area (Å²) in [6, 6.07) is 22.7. The molecule has 0 N–H and O–H groups in total. The number of ether oxygens (including phenoxy) is 1. The topological polar surface area (TPSA) is 59.5 Å². The van der Waals surface area contributed by atoms with Crippen molar-refractivity contribution >= 4 is 17.4 Å². The molecule has 1 saturated carbocycles. The van der Waals surface area contributed by atoms with Crippen LogP contribution in [-0.2, 0) is 16.1 Å². The zero-order chi connectivity index (χ0) is 22.2. The zero-order valence-electron chi connectivity index (χ0n) is 18.2. The normalized spacial score (nSPS) is 13.6. The number of ketones is 1. The molecule has 1 aromatic heterocycles. The number of benzene rings is 2. The minimum atomic E-state index is -0.0706. The summed E-state index contributed by atoms with van der Waals surface area (Å²) < 4.78 is 5.87. The quantitative estimate of drug-likeness (QED) is 0.423. The van der Waals surface area contributed by atoms with E-state index < -0.39 is 0 Å². The monoisotopic (exact) mass is 428 g/mol. The molecule has 4 rings (SSSR count). The van der Waals surface area contributed by atoms with Crippen LogP contribution in [0.15, 0.2) is 79.0 Å². The first-order valence-electron chi connectivity index (χ1n) is 11.2. The summed E-state index contributed by atoms with van der Waals surface area (Å²) in [7, 11) is 0. The number of hydrogen-bond acceptors (Lipinski definition) is 4. The molecule has 5 nitrogen and oxygen atoms in total. The number of carbonyl (C=O) groups is 2. The highest BCUT2D eigenvalue weighted by Crippen LogP contribution is 2.28. The van der Waals surface area contributed by atoms with Crippen molar-refractivity contribution in [1.29, 1.82) is 0 Å². The smallest absolute Gasteiger partial charge is 0.227 e. The van der Waals surface area contributed by atoms with Crippen LogP contribution in [0.3, 0.4) is 0 Å². The number of pyridine rings is 1. The Labute approximate surface area is 189 Å². The Hall–Kier alpha value is -3.47. The van der Waals surface area contributed by atoms with Crippen molar-refractivity contribution in [1.82, 2.24) is 4.98 Å². The highest BCUT2D eigenvalue weighted by atomic mass is 16.5. The number of rotatable bonds is 9. The van der Waals surface area contributed by atoms with Gasteiger partial charge in [-0.1, -0.05) is 37.1 Å². The maximum atomic E-state index is 13.2. The number of para-hydroxylation sites is 1. The van der Waals surface area contributed by atoms with Gasteiger partial charge in [-0.15, -0.1) is 0 Å². The van der Waals surface area contributed by atoms with Gasteiger partial charge in [0.05, 0.1) is 12.2 Å². The fraction of sp³-hybridized carbons (Fsp3) is 0.296. The number of anilines is 1. The van der Waals surface area contributed by atoms with Crippen LogP contribution < -0.4 is 9.64 Å². The SMILES string of the molecule is O=C(CCC(=O)N(Cc1ccccn1)c1ccc(Oc2ccccc2)cc1)C1CCCC1. The van der Waals surface area contributed by atoms with Gasteiger partial charge in [-0.25, -0.2) is 0 Å². The molecule has 3 aromatic rings. The zero-order valence-corrected chi connectivity index (χ0v) is 18.2. The van der Waals surface area contributed by atoms with Crippen LogP contribution in [0.2, 0.25) is 0 Å². The van der Waals surface area contributed by atoms with Crippen LogP contribution in [0, 0.1) is 5.92 Å². The molecule has 0 aliphatic heterocycles. The molecule has 0 spiro atoms. The van der Waals surface area contributed by atoms with Crippen LogP contribution in [0.1, 0.15) is 44.2 Å². The predicted octanol–water partition coefficient (Wildman–Crippen LogP) is 5.95. The maximum Gasteiger partial charge on any atom is 0.227 e. The predicted molar refractivity (Wildman–Crippen MR) is 125 cm³/mol. The molecular weight excluding hydrogens is 400 g/mol. The lowest BCUT2D eigenvalue weighted by molar-refractivity contribution is -0.126. The van der Waals surface area contributed by atoms with Crippen molar-refractivity contribution in [2.24, 2.45) is 5.92 Å². The van der Waals surface area contributed by atoms with Gasteiger partial charge in [0.25, 0.3) is 0 Å². The van der Waals surface area contributed by atoms with Gasteiger partial charge in [-0.3, -0.25) is 14.6 Å². The molecule has 0 unspecified atom stereocenters. The molecule has 1 fully saturated rings. The summed E-state index contributed by atoms with van der Waals surface area (Å²) >= 11 is 0. The summed E-state index contributed by atoms with van der Waals surface area (Å²) in [5.74, 6) is 1.74. The molecule has 0 saturated heterocycles. The lowest BCUT2D eigenvalue weighted by atomic mass is 9.98. The van der Waals surface area contributed by atoms with Crippen molar-refractivity contribution in [2.45, 2.75) is 45.1 Å². The van der Waals surface area contributed by atoms with Crippen molar-refractivity contribution in [3.05, 3.63) is 84.7 Å². The minimum absolute atomic E-state index is 0.0706. The molecule has 164 valence electrons. The highest BCUT2D eigenvalue weighted by Gasteiger charge is 2.24. The molecule has 0 bridgehead atoms. The largest absolute Gasteiger partial charge is 0.457 e. The Bertz CT molecular complexity index is 1010. The van der Waals surface area contributed by atoms with Crippen LogP contribution >= 0.6 is 0 Å². The van der Waals surface area contributed by atoms with Crippen LogP contribution in [-0.4, -0.2) is 16.7 Å². The van der Waals surface area contributed by atoms with Crippen molar-refractivity contribution in [2.75, 3.05) is 4.90 Å². The summed E-state index contributed by atoms with van der Waals surface area (Å²) in [5.41, 5.74) is 1.56. The first-order chi connectivity index (χ1) is 15.7. The average Bonchev–Trinajstić information content (AvgIpc) is 3.38. The van der Waals surface area contributed by atoms with Gasteiger partial charge in [0.15, 0.2) is 0 Å². The van der Waals surface area contributed by atoms with E-state index in [1.807, 2.05) is 72.8 Å². The Balaban J connectivity index is 1.46. The molecular formula is C27H28N2O3. The molecule has 2 aromatic carbocycles. The van der Waals surface area contributed by atoms with Gasteiger partial charge in [0.2, 0.25) is 5.91 Å². The van der Waals surface area contributed by atoms with Gasteiger partial charge < -0.3 is 9.64 Å². The van der Waals surface area contributed by atoms with Crippen LogP contribution in [0.5, 0.6) is 11.5 Å². The Morgan fingerprint density at radius 1 is 0.844 bits per heavy atom. The van der Waals surface area contributed by atoms with Crippen molar-refractivity contribution in [3.63, 3.8) is 0 Å². The van der Waals surface area contributed by atoms with Crippen LogP contribution in [0.4, 0.5) is 5.69 Å². The van der Waals surface area contributed by atoms with Gasteiger partial charge >= 0.3 is 0 Å². The minimum Gasteiger partial charge on any atom is -0.457 e. The molecule has 1 aliphatic rings. The van der Waals surface area contributed by atoms with E-state index in [4.69, 9.17) is 4.74 Å². The second-order valence-electron chi connectivity index (χ2n) is 8.16. The number of Topliss-reactive ketones (excluding diaryl/α,β-unsaturated/α-hetero) is 1. The summed E-state index contributed by atoms with van der Waals surface area (Å²) in [6.07, 6.45) is 6.41. The third kappa shape index (κ3) is 5.82. The standard InChI is InChI=1S/C27H28N2O3/c30-26(21-8-4-5-9-21)17-18-27(31)29(20-22-10-6-7-19-28-22)23-13-15-25(16-14-23)32-24-11-2-1-3-12-24/h1-3,6-7,10-16,19,21H,4-5,8-9,17-18,20H2. The van der Waals surface area contributed by atoms with E-state index in [9.17, 15) is 9.59 Å². The molecule has 0 radical (unpaired) electrons. The molecule has 32 heavy (non-hydrogen) atoms.